The van der Waals surface area contributed by atoms with E-state index in [-0.39, 0.29) is 23.1 Å². The maximum Gasteiger partial charge on any atom is 0.294 e. The van der Waals surface area contributed by atoms with E-state index >= 15 is 0 Å². The van der Waals surface area contributed by atoms with Crippen molar-refractivity contribution in [1.82, 2.24) is 20.3 Å². The third-order valence-electron chi connectivity index (χ3n) is 5.79. The van der Waals surface area contributed by atoms with Gasteiger partial charge in [-0.1, -0.05) is 17.3 Å². The maximum atomic E-state index is 13.0. The first kappa shape index (κ1) is 25.1. The molecule has 0 bridgehead atoms. The van der Waals surface area contributed by atoms with Gasteiger partial charge in [-0.3, -0.25) is 19.3 Å². The first-order chi connectivity index (χ1) is 17.2. The molecule has 9 nitrogen and oxygen atoms in total. The minimum Gasteiger partial charge on any atom is -0.351 e. The number of amides is 3. The zero-order chi connectivity index (χ0) is 25.7. The van der Waals surface area contributed by atoms with E-state index in [1.165, 1.54) is 12.3 Å². The smallest absolute Gasteiger partial charge is 0.294 e. The lowest BCUT2D eigenvalue weighted by Gasteiger charge is -2.35. The second-order valence-corrected chi connectivity index (χ2v) is 9.88. The Kier molecular flexibility index (Phi) is 7.49. The highest BCUT2D eigenvalue weighted by Gasteiger charge is 2.23. The molecule has 2 heterocycles. The van der Waals surface area contributed by atoms with Crippen LogP contribution in [0.3, 0.4) is 0 Å². The van der Waals surface area contributed by atoms with E-state index in [0.29, 0.717) is 29.9 Å². The molecule has 0 spiro atoms. The summed E-state index contributed by atoms with van der Waals surface area (Å²) >= 11 is 0. The minimum atomic E-state index is -0.400. The van der Waals surface area contributed by atoms with Crippen LogP contribution in [0, 0.1) is 0 Å². The Morgan fingerprint density at radius 3 is 2.28 bits per heavy atom. The van der Waals surface area contributed by atoms with Crippen LogP contribution in [0.5, 0.6) is 0 Å². The second kappa shape index (κ2) is 10.7. The second-order valence-electron chi connectivity index (χ2n) is 9.88. The lowest BCUT2D eigenvalue weighted by molar-refractivity contribution is 0.0628. The monoisotopic (exact) mass is 489 g/mol. The van der Waals surface area contributed by atoms with Crippen LogP contribution in [-0.4, -0.2) is 64.4 Å². The number of carbonyl (C=O) groups excluding carboxylic acids is 3. The number of aromatic nitrogens is 1. The minimum absolute atomic E-state index is 0.0383. The summed E-state index contributed by atoms with van der Waals surface area (Å²) in [6.07, 6.45) is 1.40. The van der Waals surface area contributed by atoms with Crippen molar-refractivity contribution in [2.75, 3.05) is 31.5 Å². The van der Waals surface area contributed by atoms with Crippen molar-refractivity contribution in [2.45, 2.75) is 32.9 Å². The molecule has 3 amide bonds. The van der Waals surface area contributed by atoms with Gasteiger partial charge in [-0.25, -0.2) is 0 Å². The van der Waals surface area contributed by atoms with E-state index in [9.17, 15) is 14.4 Å². The standard InChI is InChI=1S/C27H31N5O4/c1-27(2,3)30-24(33)21-6-4-5-19(17-21)18-31-13-15-32(16-14-31)26(35)20-7-9-22(10-8-20)29-25(34)23-11-12-28-36-23/h4-12,17H,13-16,18H2,1-3H3,(H,29,34)(H,30,33). The number of anilines is 1. The molecule has 3 aromatic rings. The quantitative estimate of drug-likeness (QED) is 0.549. The summed E-state index contributed by atoms with van der Waals surface area (Å²) < 4.78 is 4.84. The predicted molar refractivity (Wildman–Crippen MR) is 136 cm³/mol. The van der Waals surface area contributed by atoms with Crippen molar-refractivity contribution in [1.29, 1.82) is 0 Å². The highest BCUT2D eigenvalue weighted by molar-refractivity contribution is 6.02. The van der Waals surface area contributed by atoms with Gasteiger partial charge in [-0.05, 0) is 62.7 Å². The summed E-state index contributed by atoms with van der Waals surface area (Å²) in [4.78, 5) is 41.6. The van der Waals surface area contributed by atoms with Crippen molar-refractivity contribution >= 4 is 23.4 Å². The molecular weight excluding hydrogens is 458 g/mol. The zero-order valence-corrected chi connectivity index (χ0v) is 20.8. The molecule has 188 valence electrons. The lowest BCUT2D eigenvalue weighted by atomic mass is 10.1. The summed E-state index contributed by atoms with van der Waals surface area (Å²) in [6, 6.07) is 16.0. The third-order valence-corrected chi connectivity index (χ3v) is 5.79. The van der Waals surface area contributed by atoms with Gasteiger partial charge < -0.3 is 20.1 Å². The lowest BCUT2D eigenvalue weighted by Crippen LogP contribution is -2.48. The molecule has 9 heteroatoms. The van der Waals surface area contributed by atoms with Crippen LogP contribution in [0.2, 0.25) is 0 Å². The summed E-state index contributed by atoms with van der Waals surface area (Å²) in [7, 11) is 0. The Morgan fingerprint density at radius 2 is 1.64 bits per heavy atom. The molecule has 2 N–H and O–H groups in total. The van der Waals surface area contributed by atoms with Gasteiger partial charge in [0.15, 0.2) is 0 Å². The van der Waals surface area contributed by atoms with Gasteiger partial charge in [-0.2, -0.15) is 0 Å². The number of nitrogens with zero attached hydrogens (tertiary/aromatic N) is 3. The van der Waals surface area contributed by atoms with E-state index in [1.807, 2.05) is 49.9 Å². The van der Waals surface area contributed by atoms with Crippen LogP contribution < -0.4 is 10.6 Å². The fourth-order valence-electron chi connectivity index (χ4n) is 4.00. The van der Waals surface area contributed by atoms with Gasteiger partial charge in [0.05, 0.1) is 6.20 Å². The molecule has 1 aliphatic heterocycles. The molecule has 0 unspecified atom stereocenters. The Labute approximate surface area is 210 Å². The highest BCUT2D eigenvalue weighted by atomic mass is 16.5. The van der Waals surface area contributed by atoms with Gasteiger partial charge in [0.2, 0.25) is 5.76 Å². The van der Waals surface area contributed by atoms with Crippen LogP contribution in [0.1, 0.15) is 57.6 Å². The van der Waals surface area contributed by atoms with Crippen LogP contribution in [0.4, 0.5) is 5.69 Å². The molecular formula is C27H31N5O4. The average molecular weight is 490 g/mol. The molecule has 4 rings (SSSR count). The van der Waals surface area contributed by atoms with E-state index < -0.39 is 5.91 Å². The van der Waals surface area contributed by atoms with Crippen molar-refractivity contribution in [2.24, 2.45) is 0 Å². The van der Waals surface area contributed by atoms with E-state index in [2.05, 4.69) is 20.7 Å². The van der Waals surface area contributed by atoms with Gasteiger partial charge in [0.1, 0.15) is 0 Å². The summed E-state index contributed by atoms with van der Waals surface area (Å²) in [5.74, 6) is -0.400. The number of hydrogen-bond acceptors (Lipinski definition) is 6. The predicted octanol–water partition coefficient (Wildman–Crippen LogP) is 3.41. The number of rotatable bonds is 6. The van der Waals surface area contributed by atoms with Crippen molar-refractivity contribution < 1.29 is 18.9 Å². The fraction of sp³-hybridized carbons (Fsp3) is 0.333. The number of carbonyl (C=O) groups is 3. The topological polar surface area (TPSA) is 108 Å². The molecule has 2 aromatic carbocycles. The molecule has 1 saturated heterocycles. The first-order valence-corrected chi connectivity index (χ1v) is 11.9. The number of hydrogen-bond donors (Lipinski definition) is 2. The summed E-state index contributed by atoms with van der Waals surface area (Å²) in [5.41, 5.74) is 2.56. The van der Waals surface area contributed by atoms with Crippen molar-refractivity contribution in [3.8, 4) is 0 Å². The van der Waals surface area contributed by atoms with Gasteiger partial charge >= 0.3 is 0 Å². The van der Waals surface area contributed by atoms with Crippen molar-refractivity contribution in [3.63, 3.8) is 0 Å². The van der Waals surface area contributed by atoms with Gasteiger partial charge in [-0.15, -0.1) is 0 Å². The molecule has 36 heavy (non-hydrogen) atoms. The average Bonchev–Trinajstić information content (AvgIpc) is 3.39. The van der Waals surface area contributed by atoms with E-state index in [0.717, 1.165) is 25.2 Å². The Bertz CT molecular complexity index is 1210. The molecule has 1 aliphatic rings. The molecule has 0 saturated carbocycles. The molecule has 0 aliphatic carbocycles. The normalized spacial score (nSPS) is 14.4. The van der Waals surface area contributed by atoms with Crippen LogP contribution >= 0.6 is 0 Å². The van der Waals surface area contributed by atoms with Gasteiger partial charge in [0, 0.05) is 61.1 Å². The summed E-state index contributed by atoms with van der Waals surface area (Å²) in [6.45, 7) is 9.33. The van der Waals surface area contributed by atoms with E-state index in [4.69, 9.17) is 4.52 Å². The SMILES string of the molecule is CC(C)(C)NC(=O)c1cccc(CN2CCN(C(=O)c3ccc(NC(=O)c4ccno4)cc3)CC2)c1. The Balaban J connectivity index is 1.28. The highest BCUT2D eigenvalue weighted by Crippen LogP contribution is 2.16. The number of nitrogens with one attached hydrogen (secondary N) is 2. The third kappa shape index (κ3) is 6.57. The molecule has 0 atom stereocenters. The molecule has 0 radical (unpaired) electrons. The summed E-state index contributed by atoms with van der Waals surface area (Å²) in [5, 5.41) is 9.23. The molecule has 1 aromatic heterocycles. The zero-order valence-electron chi connectivity index (χ0n) is 20.8. The van der Waals surface area contributed by atoms with E-state index in [1.54, 1.807) is 24.3 Å². The van der Waals surface area contributed by atoms with Crippen LogP contribution in [0.15, 0.2) is 65.3 Å². The van der Waals surface area contributed by atoms with Crippen molar-refractivity contribution in [3.05, 3.63) is 83.2 Å². The number of piperazine rings is 1. The largest absolute Gasteiger partial charge is 0.351 e. The first-order valence-electron chi connectivity index (χ1n) is 11.9. The van der Waals surface area contributed by atoms with Crippen LogP contribution in [-0.2, 0) is 6.54 Å². The molecule has 1 fully saturated rings. The fourth-order valence-corrected chi connectivity index (χ4v) is 4.00. The Hall–Kier alpha value is -3.98. The van der Waals surface area contributed by atoms with Crippen LogP contribution in [0.25, 0.3) is 0 Å². The Morgan fingerprint density at radius 1 is 0.917 bits per heavy atom. The number of benzene rings is 2. The maximum absolute atomic E-state index is 13.0. The van der Waals surface area contributed by atoms with Gasteiger partial charge in [0.25, 0.3) is 17.7 Å².